The van der Waals surface area contributed by atoms with Gasteiger partial charge in [0, 0.05) is 18.1 Å². The van der Waals surface area contributed by atoms with E-state index in [1.165, 1.54) is 0 Å². The molecule has 1 fully saturated rings. The van der Waals surface area contributed by atoms with Crippen molar-refractivity contribution in [1.82, 2.24) is 16.0 Å². The predicted molar refractivity (Wildman–Crippen MR) is 91.0 cm³/mol. The predicted octanol–water partition coefficient (Wildman–Crippen LogP) is 1.38. The zero-order valence-electron chi connectivity index (χ0n) is 14.2. The van der Waals surface area contributed by atoms with E-state index < -0.39 is 6.04 Å². The van der Waals surface area contributed by atoms with Gasteiger partial charge in [0.25, 0.3) is 0 Å². The van der Waals surface area contributed by atoms with Crippen molar-refractivity contribution >= 4 is 24.3 Å². The Morgan fingerprint density at radius 1 is 1.23 bits per heavy atom. The molecule has 0 aromatic rings. The zero-order valence-corrected chi connectivity index (χ0v) is 15.0. The normalized spacial score (nSPS) is 17.2. The first-order chi connectivity index (χ1) is 9.60. The van der Waals surface area contributed by atoms with Crippen molar-refractivity contribution in [2.45, 2.75) is 65.1 Å². The van der Waals surface area contributed by atoms with Gasteiger partial charge in [-0.2, -0.15) is 0 Å². The van der Waals surface area contributed by atoms with Crippen molar-refractivity contribution < 1.29 is 9.59 Å². The molecule has 0 radical (unpaired) electrons. The van der Waals surface area contributed by atoms with Gasteiger partial charge in [-0.05, 0) is 45.4 Å². The first kappa shape index (κ1) is 21.0. The molecule has 0 saturated heterocycles. The Morgan fingerprint density at radius 2 is 1.77 bits per heavy atom. The van der Waals surface area contributed by atoms with Crippen LogP contribution in [0.15, 0.2) is 0 Å². The summed E-state index contributed by atoms with van der Waals surface area (Å²) in [4.78, 5) is 24.1. The van der Waals surface area contributed by atoms with Gasteiger partial charge in [0.1, 0.15) is 6.04 Å². The molecule has 0 aromatic carbocycles. The molecule has 0 aliphatic heterocycles. The summed E-state index contributed by atoms with van der Waals surface area (Å²) in [6.45, 7) is 9.96. The summed E-state index contributed by atoms with van der Waals surface area (Å²) in [6.07, 6.45) is 2.30. The quantitative estimate of drug-likeness (QED) is 0.591. The minimum absolute atomic E-state index is 0. The van der Waals surface area contributed by atoms with Crippen molar-refractivity contribution in [3.05, 3.63) is 0 Å². The third kappa shape index (κ3) is 7.84. The smallest absolute Gasteiger partial charge is 0.315 e. The first-order valence-corrected chi connectivity index (χ1v) is 7.72. The number of hydrogen-bond acceptors (Lipinski definition) is 3. The summed E-state index contributed by atoms with van der Waals surface area (Å²) in [5, 5.41) is 8.38. The maximum absolute atomic E-state index is 12.2. The Kier molecular flexibility index (Phi) is 8.18. The molecule has 5 N–H and O–H groups in total. The SMILES string of the molecule is CC(C)[C@H](NC(=O)NC(C)(C)C)C(=O)NCC(N)C1CC1.Cl. The second-order valence-electron chi connectivity index (χ2n) is 7.32. The third-order valence-electron chi connectivity index (χ3n) is 3.46. The van der Waals surface area contributed by atoms with Crippen LogP contribution in [-0.4, -0.2) is 36.1 Å². The fraction of sp³-hybridized carbons (Fsp3) is 0.867. The lowest BCUT2D eigenvalue weighted by atomic mass is 10.0. The highest BCUT2D eigenvalue weighted by atomic mass is 35.5. The minimum atomic E-state index is -0.557. The number of nitrogens with two attached hydrogens (primary N) is 1. The van der Waals surface area contributed by atoms with E-state index in [4.69, 9.17) is 5.73 Å². The second-order valence-corrected chi connectivity index (χ2v) is 7.32. The third-order valence-corrected chi connectivity index (χ3v) is 3.46. The molecule has 0 heterocycles. The Bertz CT molecular complexity index is 378. The van der Waals surface area contributed by atoms with Crippen LogP contribution in [-0.2, 0) is 4.79 Å². The molecule has 0 bridgehead atoms. The Labute approximate surface area is 139 Å². The fourth-order valence-electron chi connectivity index (χ4n) is 2.07. The van der Waals surface area contributed by atoms with E-state index in [2.05, 4.69) is 16.0 Å². The summed E-state index contributed by atoms with van der Waals surface area (Å²) in [5.74, 6) is 0.373. The van der Waals surface area contributed by atoms with Crippen LogP contribution in [0.1, 0.15) is 47.5 Å². The molecule has 1 rings (SSSR count). The summed E-state index contributed by atoms with van der Waals surface area (Å²) >= 11 is 0. The molecule has 6 nitrogen and oxygen atoms in total. The Hall–Kier alpha value is -1.01. The number of amides is 3. The lowest BCUT2D eigenvalue weighted by Gasteiger charge is -2.26. The molecule has 2 atom stereocenters. The number of nitrogens with one attached hydrogen (secondary N) is 3. The fourth-order valence-corrected chi connectivity index (χ4v) is 2.07. The van der Waals surface area contributed by atoms with Gasteiger partial charge in [-0.15, -0.1) is 12.4 Å². The lowest BCUT2D eigenvalue weighted by Crippen LogP contribution is -2.56. The first-order valence-electron chi connectivity index (χ1n) is 7.72. The van der Waals surface area contributed by atoms with Crippen LogP contribution < -0.4 is 21.7 Å². The standard InChI is InChI=1S/C15H30N4O2.ClH/c1-9(2)12(18-14(21)19-15(3,4)5)13(20)17-8-11(16)10-6-7-10;/h9-12H,6-8,16H2,1-5H3,(H,17,20)(H2,18,19,21);1H/t11?,12-;/m0./s1. The topological polar surface area (TPSA) is 96.2 Å². The van der Waals surface area contributed by atoms with Gasteiger partial charge in [-0.25, -0.2) is 4.79 Å². The molecule has 130 valence electrons. The molecule has 0 aromatic heterocycles. The number of carbonyl (C=O) groups excluding carboxylic acids is 2. The number of halogens is 1. The molecule has 1 aliphatic rings. The van der Waals surface area contributed by atoms with Gasteiger partial charge in [0.15, 0.2) is 0 Å². The van der Waals surface area contributed by atoms with Crippen LogP contribution in [0.5, 0.6) is 0 Å². The zero-order chi connectivity index (χ0) is 16.2. The molecule has 1 unspecified atom stereocenters. The van der Waals surface area contributed by atoms with Crippen molar-refractivity contribution in [2.24, 2.45) is 17.6 Å². The average molecular weight is 335 g/mol. The van der Waals surface area contributed by atoms with E-state index in [1.54, 1.807) is 0 Å². The number of urea groups is 1. The van der Waals surface area contributed by atoms with Crippen molar-refractivity contribution in [3.8, 4) is 0 Å². The molecular weight excluding hydrogens is 304 g/mol. The van der Waals surface area contributed by atoms with E-state index in [0.717, 1.165) is 12.8 Å². The summed E-state index contributed by atoms with van der Waals surface area (Å²) in [5.41, 5.74) is 5.64. The minimum Gasteiger partial charge on any atom is -0.353 e. The van der Waals surface area contributed by atoms with Crippen LogP contribution in [0.4, 0.5) is 4.79 Å². The van der Waals surface area contributed by atoms with E-state index in [1.807, 2.05) is 34.6 Å². The number of carbonyl (C=O) groups is 2. The van der Waals surface area contributed by atoms with E-state index in [-0.39, 0.29) is 41.8 Å². The highest BCUT2D eigenvalue weighted by Gasteiger charge is 2.30. The van der Waals surface area contributed by atoms with Gasteiger partial charge < -0.3 is 21.7 Å². The van der Waals surface area contributed by atoms with Crippen LogP contribution >= 0.6 is 12.4 Å². The van der Waals surface area contributed by atoms with Crippen LogP contribution in [0.2, 0.25) is 0 Å². The van der Waals surface area contributed by atoms with Gasteiger partial charge >= 0.3 is 6.03 Å². The molecule has 22 heavy (non-hydrogen) atoms. The molecule has 0 spiro atoms. The second kappa shape index (κ2) is 8.58. The van der Waals surface area contributed by atoms with Gasteiger partial charge in [-0.1, -0.05) is 13.8 Å². The Morgan fingerprint density at radius 3 is 2.18 bits per heavy atom. The Balaban J connectivity index is 0.00000441. The highest BCUT2D eigenvalue weighted by molar-refractivity contribution is 5.87. The summed E-state index contributed by atoms with van der Waals surface area (Å²) in [7, 11) is 0. The molecule has 3 amide bonds. The largest absolute Gasteiger partial charge is 0.353 e. The lowest BCUT2D eigenvalue weighted by molar-refractivity contribution is -0.124. The van der Waals surface area contributed by atoms with Crippen LogP contribution in [0.3, 0.4) is 0 Å². The molecule has 7 heteroatoms. The van der Waals surface area contributed by atoms with Gasteiger partial charge in [0.2, 0.25) is 5.91 Å². The maximum atomic E-state index is 12.2. The summed E-state index contributed by atoms with van der Waals surface area (Å²) < 4.78 is 0. The van der Waals surface area contributed by atoms with Crippen LogP contribution in [0.25, 0.3) is 0 Å². The van der Waals surface area contributed by atoms with Gasteiger partial charge in [-0.3, -0.25) is 4.79 Å². The van der Waals surface area contributed by atoms with Crippen molar-refractivity contribution in [2.75, 3.05) is 6.54 Å². The maximum Gasteiger partial charge on any atom is 0.315 e. The number of rotatable bonds is 6. The van der Waals surface area contributed by atoms with E-state index in [0.29, 0.717) is 12.5 Å². The highest BCUT2D eigenvalue weighted by Crippen LogP contribution is 2.31. The monoisotopic (exact) mass is 334 g/mol. The van der Waals surface area contributed by atoms with E-state index >= 15 is 0 Å². The van der Waals surface area contributed by atoms with E-state index in [9.17, 15) is 9.59 Å². The van der Waals surface area contributed by atoms with Gasteiger partial charge in [0.05, 0.1) is 0 Å². The number of hydrogen-bond donors (Lipinski definition) is 4. The van der Waals surface area contributed by atoms with Crippen molar-refractivity contribution in [1.29, 1.82) is 0 Å². The molecule has 1 saturated carbocycles. The molecular formula is C15H31ClN4O2. The average Bonchev–Trinajstić information content (AvgIpc) is 3.14. The van der Waals surface area contributed by atoms with Crippen LogP contribution in [0, 0.1) is 11.8 Å². The van der Waals surface area contributed by atoms with Crippen molar-refractivity contribution in [3.63, 3.8) is 0 Å². The molecule has 1 aliphatic carbocycles. The summed E-state index contributed by atoms with van der Waals surface area (Å²) in [6, 6.07) is -0.869.